The maximum Gasteiger partial charge on any atom is 3.00 e. The normalized spacial score (nSPS) is 10.4. The first-order chi connectivity index (χ1) is 19.0. The van der Waals surface area contributed by atoms with Gasteiger partial charge in [0.1, 0.15) is 18.5 Å². The van der Waals surface area contributed by atoms with Gasteiger partial charge in [-0.25, -0.2) is 36.5 Å². The van der Waals surface area contributed by atoms with Crippen LogP contribution in [-0.2, 0) is 27.7 Å². The largest absolute Gasteiger partial charge is 3.00 e. The quantitative estimate of drug-likeness (QED) is 0.138. The van der Waals surface area contributed by atoms with Crippen LogP contribution in [0.1, 0.15) is 23.6 Å². The molecule has 5 rings (SSSR count). The van der Waals surface area contributed by atoms with Crippen molar-refractivity contribution in [2.45, 2.75) is 20.3 Å². The van der Waals surface area contributed by atoms with Crippen molar-refractivity contribution < 1.29 is 25.7 Å². The second kappa shape index (κ2) is 14.3. The Morgan fingerprint density at radius 3 is 2.67 bits per heavy atom. The summed E-state index contributed by atoms with van der Waals surface area (Å²) in [5.41, 5.74) is 6.17. The van der Waals surface area contributed by atoms with Crippen LogP contribution in [0, 0.1) is 26.1 Å². The number of fused-ring (bicyclic) bond motifs is 2. The summed E-state index contributed by atoms with van der Waals surface area (Å²) < 4.78 is 17.4. The third kappa shape index (κ3) is 6.88. The van der Waals surface area contributed by atoms with Gasteiger partial charge in [0.05, 0.1) is 16.6 Å². The van der Waals surface area contributed by atoms with E-state index in [-0.39, 0.29) is 22.3 Å². The first-order valence-corrected chi connectivity index (χ1v) is 12.4. The Morgan fingerprint density at radius 1 is 1.18 bits per heavy atom. The van der Waals surface area contributed by atoms with Crippen LogP contribution in [0.15, 0.2) is 74.0 Å². The van der Waals surface area contributed by atoms with Gasteiger partial charge in [-0.3, -0.25) is 0 Å². The number of rotatable bonds is 9. The van der Waals surface area contributed by atoms with Crippen molar-refractivity contribution in [3.05, 3.63) is 110 Å². The maximum atomic E-state index is 15.7. The topological polar surface area (TPSA) is 88.3 Å². The summed E-state index contributed by atoms with van der Waals surface area (Å²) in [6.07, 6.45) is 10.2. The third-order valence-corrected chi connectivity index (χ3v) is 6.16. The van der Waals surface area contributed by atoms with Gasteiger partial charge in [0.2, 0.25) is 0 Å². The van der Waals surface area contributed by atoms with E-state index >= 15 is 4.39 Å². The third-order valence-electron chi connectivity index (χ3n) is 6.16. The van der Waals surface area contributed by atoms with Gasteiger partial charge in [-0.15, -0.1) is 13.1 Å². The Balaban J connectivity index is 0.000000828. The summed E-state index contributed by atoms with van der Waals surface area (Å²) in [6.45, 7) is 12.1. The number of hydrogen-bond donors (Lipinski definition) is 1. The first kappa shape index (κ1) is 30.4. The van der Waals surface area contributed by atoms with Crippen molar-refractivity contribution in [2.24, 2.45) is 0 Å². The van der Waals surface area contributed by atoms with Crippen LogP contribution >= 0.6 is 0 Å². The molecule has 0 saturated carbocycles. The fraction of sp³-hybridized carbons (Fsp3) is 0.167. The van der Waals surface area contributed by atoms with E-state index in [1.54, 1.807) is 16.9 Å². The monoisotopic (exact) mass is 580 g/mol. The van der Waals surface area contributed by atoms with Crippen molar-refractivity contribution in [3.63, 3.8) is 0 Å². The van der Waals surface area contributed by atoms with Crippen LogP contribution in [0.5, 0.6) is 0 Å². The zero-order valence-corrected chi connectivity index (χ0v) is 23.2. The second-order valence-electron chi connectivity index (χ2n) is 8.73. The predicted octanol–water partition coefficient (Wildman–Crippen LogP) is 5.60. The molecule has 0 aliphatic carbocycles. The summed E-state index contributed by atoms with van der Waals surface area (Å²) in [5.74, 6) is 0.0802. The minimum Gasteiger partial charge on any atom is -0.429 e. The Hall–Kier alpha value is -4.17. The number of benzene rings is 2. The minimum absolute atomic E-state index is 0. The smallest absolute Gasteiger partial charge is 0.429 e. The zero-order valence-electron chi connectivity index (χ0n) is 22.2. The molecule has 0 aliphatic rings. The Morgan fingerprint density at radius 2 is 1.98 bits per heavy atom. The SMILES string of the molecule is C=C[C-]=O.[CH2-]CN(C[CH-]C)c1ccc2ncnc(Nc3ccc(Cc4ccn5ncnc5c4)c(C)c3)c2c1F.[Ni+3]. The van der Waals surface area contributed by atoms with Crippen LogP contribution in [-0.4, -0.2) is 43.9 Å². The summed E-state index contributed by atoms with van der Waals surface area (Å²) in [7, 11) is 0. The molecule has 0 spiro atoms. The molecular formula is C30H29FN7NiO. The number of allylic oxidation sites excluding steroid dienone is 1. The summed E-state index contributed by atoms with van der Waals surface area (Å²) in [4.78, 5) is 23.7. The molecule has 3 heterocycles. The predicted molar refractivity (Wildman–Crippen MR) is 153 cm³/mol. The average molecular weight is 581 g/mol. The van der Waals surface area contributed by atoms with Crippen molar-refractivity contribution in [2.75, 3.05) is 23.3 Å². The Bertz CT molecular complexity index is 1600. The van der Waals surface area contributed by atoms with Crippen LogP contribution in [0.4, 0.5) is 21.6 Å². The molecule has 0 atom stereocenters. The zero-order chi connectivity index (χ0) is 27.8. The molecule has 0 fully saturated rings. The molecule has 8 nitrogen and oxygen atoms in total. The maximum absolute atomic E-state index is 15.7. The molecule has 0 aliphatic heterocycles. The molecule has 2 aromatic carbocycles. The Labute approximate surface area is 243 Å². The molecule has 40 heavy (non-hydrogen) atoms. The van der Waals surface area contributed by atoms with Crippen molar-refractivity contribution in [1.29, 1.82) is 0 Å². The number of halogens is 1. The molecule has 0 amide bonds. The van der Waals surface area contributed by atoms with Crippen molar-refractivity contribution in [3.8, 4) is 0 Å². The number of hydrogen-bond acceptors (Lipinski definition) is 7. The van der Waals surface area contributed by atoms with Crippen LogP contribution in [0.25, 0.3) is 16.6 Å². The van der Waals surface area contributed by atoms with E-state index in [9.17, 15) is 0 Å². The fourth-order valence-electron chi connectivity index (χ4n) is 4.27. The van der Waals surface area contributed by atoms with Crippen LogP contribution in [0.3, 0.4) is 0 Å². The molecule has 0 unspecified atom stereocenters. The number of carbonyl (C=O) groups excluding carboxylic acids is 1. The fourth-order valence-corrected chi connectivity index (χ4v) is 4.27. The van der Waals surface area contributed by atoms with E-state index in [2.05, 4.69) is 57.9 Å². The Kier molecular flexibility index (Phi) is 10.8. The number of nitrogens with one attached hydrogen (secondary N) is 1. The molecule has 5 aromatic rings. The van der Waals surface area contributed by atoms with E-state index in [4.69, 9.17) is 4.79 Å². The van der Waals surface area contributed by atoms with Crippen LogP contribution < -0.4 is 10.2 Å². The summed E-state index contributed by atoms with van der Waals surface area (Å²) in [6, 6.07) is 13.8. The summed E-state index contributed by atoms with van der Waals surface area (Å²) >= 11 is 0. The van der Waals surface area contributed by atoms with Gasteiger partial charge >= 0.3 is 16.5 Å². The molecule has 0 bridgehead atoms. The minimum atomic E-state index is -0.353. The van der Waals surface area contributed by atoms with Gasteiger partial charge in [-0.1, -0.05) is 6.07 Å². The van der Waals surface area contributed by atoms with Gasteiger partial charge in [-0.05, 0) is 72.7 Å². The summed E-state index contributed by atoms with van der Waals surface area (Å²) in [5, 5.41) is 7.81. The number of aryl methyl sites for hydroxylation is 1. The number of nitrogens with zero attached hydrogens (tertiary/aromatic N) is 6. The number of pyridine rings is 1. The molecule has 1 N–H and O–H groups in total. The number of aromatic nitrogens is 5. The standard InChI is InChI=1S/C27H26FN7.C3H3O.Ni/c1-4-11-34(5-2)23-9-8-22-25(26(23)28)27(31-16-29-22)33-21-7-6-20(18(3)13-21)14-19-10-12-35-24(15-19)30-17-32-35;1-2-3-4;/h4,6-10,12-13,15-17H,2,5,11,14H2,1,3H3,(H,29,31,33);2H,1H2;/q-2;-1;+3. The van der Waals surface area contributed by atoms with E-state index < -0.39 is 0 Å². The van der Waals surface area contributed by atoms with E-state index in [1.807, 2.05) is 48.7 Å². The molecule has 10 heteroatoms. The van der Waals surface area contributed by atoms with Gasteiger partial charge in [0.25, 0.3) is 0 Å². The second-order valence-corrected chi connectivity index (χ2v) is 8.73. The number of anilines is 3. The van der Waals surface area contributed by atoms with E-state index in [0.717, 1.165) is 35.0 Å². The van der Waals surface area contributed by atoms with Crippen molar-refractivity contribution in [1.82, 2.24) is 24.6 Å². The van der Waals surface area contributed by atoms with Gasteiger partial charge < -0.3 is 28.4 Å². The molecule has 3 aromatic heterocycles. The van der Waals surface area contributed by atoms with Gasteiger partial charge in [-0.2, -0.15) is 12.0 Å². The molecule has 207 valence electrons. The molecular weight excluding hydrogens is 552 g/mol. The van der Waals surface area contributed by atoms with Gasteiger partial charge in [0, 0.05) is 11.9 Å². The average Bonchev–Trinajstić information content (AvgIpc) is 3.42. The molecule has 0 saturated heterocycles. The van der Waals surface area contributed by atoms with Gasteiger partial charge in [0.15, 0.2) is 11.5 Å². The first-order valence-electron chi connectivity index (χ1n) is 12.4. The van der Waals surface area contributed by atoms with E-state index in [0.29, 0.717) is 35.5 Å². The van der Waals surface area contributed by atoms with Crippen LogP contribution in [0.2, 0.25) is 0 Å². The van der Waals surface area contributed by atoms with Crippen molar-refractivity contribution >= 4 is 40.0 Å². The van der Waals surface area contributed by atoms with E-state index in [1.165, 1.54) is 18.2 Å². The molecule has 1 radical (unpaired) electrons.